The summed E-state index contributed by atoms with van der Waals surface area (Å²) in [6.07, 6.45) is 7.47. The molecule has 8 aromatic rings. The topological polar surface area (TPSA) is 81.3 Å². The molecule has 56 heavy (non-hydrogen) atoms. The van der Waals surface area contributed by atoms with Crippen LogP contribution in [0.3, 0.4) is 0 Å². The van der Waals surface area contributed by atoms with Crippen molar-refractivity contribution >= 4 is 17.3 Å². The second kappa shape index (κ2) is 14.3. The van der Waals surface area contributed by atoms with Crippen LogP contribution in [0.4, 0.5) is 8.78 Å². The Balaban J connectivity index is 1.12. The number of fused-ring (bicyclic) bond motifs is 1. The van der Waals surface area contributed by atoms with Gasteiger partial charge in [0.15, 0.2) is 5.78 Å². The van der Waals surface area contributed by atoms with Gasteiger partial charge in [0, 0.05) is 29.1 Å². The molecule has 0 aliphatic rings. The Kier molecular flexibility index (Phi) is 9.22. The molecule has 5 aromatic carbocycles. The van der Waals surface area contributed by atoms with Gasteiger partial charge in [-0.05, 0) is 79.4 Å². The first-order valence-corrected chi connectivity index (χ1v) is 18.2. The van der Waals surface area contributed by atoms with Crippen LogP contribution in [0.1, 0.15) is 56.8 Å². The van der Waals surface area contributed by atoms with E-state index in [9.17, 15) is 14.0 Å². The second-order valence-corrected chi connectivity index (χ2v) is 14.4. The van der Waals surface area contributed by atoms with Crippen molar-refractivity contribution in [2.75, 3.05) is 0 Å². The maximum Gasteiger partial charge on any atom is 0.255 e. The van der Waals surface area contributed by atoms with Gasteiger partial charge < -0.3 is 5.32 Å². The molecule has 7 nitrogen and oxygen atoms in total. The molecule has 0 aliphatic carbocycles. The van der Waals surface area contributed by atoms with Crippen molar-refractivity contribution in [2.45, 2.75) is 31.8 Å². The Morgan fingerprint density at radius 1 is 0.625 bits per heavy atom. The van der Waals surface area contributed by atoms with Gasteiger partial charge in [-0.3, -0.25) is 18.7 Å². The molecule has 1 amide bonds. The third-order valence-corrected chi connectivity index (χ3v) is 10.2. The zero-order valence-electron chi connectivity index (χ0n) is 30.9. The first-order chi connectivity index (χ1) is 27.1. The number of carbonyl (C=O) groups excluding carboxylic acids is 2. The molecule has 0 aliphatic heterocycles. The quantitative estimate of drug-likeness (QED) is 0.112. The van der Waals surface area contributed by atoms with Crippen LogP contribution in [-0.4, -0.2) is 36.4 Å². The van der Waals surface area contributed by atoms with E-state index in [2.05, 4.69) is 46.7 Å². The highest BCUT2D eigenvalue weighted by Crippen LogP contribution is 2.41. The minimum Gasteiger partial charge on any atom is -0.340 e. The number of amides is 1. The highest BCUT2D eigenvalue weighted by atomic mass is 19.1. The molecule has 0 radical (unpaired) electrons. The summed E-state index contributed by atoms with van der Waals surface area (Å²) in [6, 6.07) is 43.3. The van der Waals surface area contributed by atoms with Crippen LogP contribution in [0.25, 0.3) is 28.0 Å². The number of nitrogens with one attached hydrogen (secondary N) is 1. The lowest BCUT2D eigenvalue weighted by Crippen LogP contribution is -2.50. The van der Waals surface area contributed by atoms with Crippen LogP contribution in [0, 0.1) is 18.6 Å². The van der Waals surface area contributed by atoms with E-state index in [4.69, 9.17) is 5.10 Å². The van der Waals surface area contributed by atoms with Gasteiger partial charge in [0.25, 0.3) is 5.91 Å². The molecular formula is C47H37F2N5O2. The van der Waals surface area contributed by atoms with Crippen molar-refractivity contribution in [3.63, 3.8) is 0 Å². The smallest absolute Gasteiger partial charge is 0.255 e. The zero-order valence-corrected chi connectivity index (χ0v) is 30.9. The van der Waals surface area contributed by atoms with Gasteiger partial charge in [0.1, 0.15) is 22.8 Å². The van der Waals surface area contributed by atoms with E-state index in [1.54, 1.807) is 25.3 Å². The van der Waals surface area contributed by atoms with Crippen molar-refractivity contribution in [3.05, 3.63) is 209 Å². The van der Waals surface area contributed by atoms with Gasteiger partial charge in [-0.15, -0.1) is 0 Å². The molecule has 0 saturated carbocycles. The number of Topliss-reactive ketones (excluding diaryl/α,β-unsaturated/α-hetero) is 1. The standard InChI is InChI=1S/C47H37F2N5O2/c1-31-19-22-38(40(48)25-31)44(55)46(2,3)52-45(56)39-23-20-32(26-41(39)49)42-28-50-43-24-21-33(29-53(42)43)34-27-51-54(30-34)47(35-13-7-4-8-14-35,36-15-9-5-10-16-36)37-17-11-6-12-18-37/h4-30H,1-3H3,(H,52,56). The first kappa shape index (κ1) is 36.0. The number of hydrogen-bond acceptors (Lipinski definition) is 4. The van der Waals surface area contributed by atoms with E-state index in [1.165, 1.54) is 38.1 Å². The molecule has 8 rings (SSSR count). The van der Waals surface area contributed by atoms with Crippen molar-refractivity contribution in [1.82, 2.24) is 24.5 Å². The number of aromatic nitrogens is 4. The Morgan fingerprint density at radius 3 is 1.79 bits per heavy atom. The molecule has 3 heterocycles. The largest absolute Gasteiger partial charge is 0.340 e. The highest BCUT2D eigenvalue weighted by Gasteiger charge is 2.39. The fourth-order valence-corrected chi connectivity index (χ4v) is 7.36. The molecule has 3 aromatic heterocycles. The van der Waals surface area contributed by atoms with E-state index < -0.39 is 34.4 Å². The number of rotatable bonds is 10. The van der Waals surface area contributed by atoms with E-state index in [-0.39, 0.29) is 11.1 Å². The second-order valence-electron chi connectivity index (χ2n) is 14.4. The maximum atomic E-state index is 15.7. The maximum absolute atomic E-state index is 15.7. The highest BCUT2D eigenvalue weighted by molar-refractivity contribution is 6.07. The molecule has 9 heteroatoms. The molecule has 0 spiro atoms. The Bertz CT molecular complexity index is 2630. The van der Waals surface area contributed by atoms with Gasteiger partial charge in [-0.25, -0.2) is 13.8 Å². The summed E-state index contributed by atoms with van der Waals surface area (Å²) in [4.78, 5) is 31.0. The summed E-state index contributed by atoms with van der Waals surface area (Å²) in [5.41, 5.74) is 4.59. The average molecular weight is 742 g/mol. The third kappa shape index (κ3) is 6.36. The number of carbonyl (C=O) groups is 2. The predicted octanol–water partition coefficient (Wildman–Crippen LogP) is 9.68. The lowest BCUT2D eigenvalue weighted by molar-refractivity contribution is 0.0793. The molecular weight excluding hydrogens is 705 g/mol. The van der Waals surface area contributed by atoms with Gasteiger partial charge in [-0.1, -0.05) is 103 Å². The van der Waals surface area contributed by atoms with Crippen LogP contribution in [0.2, 0.25) is 0 Å². The minimum absolute atomic E-state index is 0.154. The molecule has 1 N–H and O–H groups in total. The average Bonchev–Trinajstić information content (AvgIpc) is 3.87. The van der Waals surface area contributed by atoms with Gasteiger partial charge in [0.05, 0.1) is 34.8 Å². The summed E-state index contributed by atoms with van der Waals surface area (Å²) in [5, 5.41) is 7.59. The normalized spacial score (nSPS) is 11.8. The number of pyridine rings is 1. The fraction of sp³-hybridized carbons (Fsp3) is 0.106. The Labute approximate surface area is 322 Å². The summed E-state index contributed by atoms with van der Waals surface area (Å²) in [6.45, 7) is 4.64. The summed E-state index contributed by atoms with van der Waals surface area (Å²) < 4.78 is 34.2. The minimum atomic E-state index is -1.51. The lowest BCUT2D eigenvalue weighted by atomic mass is 9.77. The van der Waals surface area contributed by atoms with E-state index >= 15 is 4.39 Å². The Morgan fingerprint density at radius 2 is 1.20 bits per heavy atom. The molecule has 0 atom stereocenters. The summed E-state index contributed by atoms with van der Waals surface area (Å²) in [7, 11) is 0. The van der Waals surface area contributed by atoms with Crippen molar-refractivity contribution < 1.29 is 18.4 Å². The van der Waals surface area contributed by atoms with E-state index in [0.29, 0.717) is 22.5 Å². The number of benzene rings is 5. The van der Waals surface area contributed by atoms with Gasteiger partial charge in [-0.2, -0.15) is 5.10 Å². The number of nitrogens with zero attached hydrogens (tertiary/aromatic N) is 4. The first-order valence-electron chi connectivity index (χ1n) is 18.2. The molecule has 0 bridgehead atoms. The number of ketones is 1. The SMILES string of the molecule is Cc1ccc(C(=O)C(C)(C)NC(=O)c2ccc(-c3cnc4ccc(-c5cnn(C(c6ccccc6)(c6ccccc6)c6ccccc6)c5)cn34)cc2F)c(F)c1. The van der Waals surface area contributed by atoms with E-state index in [0.717, 1.165) is 27.8 Å². The van der Waals surface area contributed by atoms with Crippen molar-refractivity contribution in [3.8, 4) is 22.4 Å². The molecule has 0 unspecified atom stereocenters. The van der Waals surface area contributed by atoms with Gasteiger partial charge in [0.2, 0.25) is 0 Å². The Hall–Kier alpha value is -7.00. The number of imidazole rings is 1. The summed E-state index contributed by atoms with van der Waals surface area (Å²) >= 11 is 0. The van der Waals surface area contributed by atoms with Gasteiger partial charge >= 0.3 is 0 Å². The number of halogens is 2. The molecule has 276 valence electrons. The van der Waals surface area contributed by atoms with Crippen LogP contribution in [0.5, 0.6) is 0 Å². The van der Waals surface area contributed by atoms with Crippen LogP contribution >= 0.6 is 0 Å². The van der Waals surface area contributed by atoms with E-state index in [1.807, 2.05) is 94.4 Å². The lowest BCUT2D eigenvalue weighted by Gasteiger charge is -2.36. The van der Waals surface area contributed by atoms with Crippen LogP contribution < -0.4 is 5.32 Å². The zero-order chi connectivity index (χ0) is 39.0. The van der Waals surface area contributed by atoms with Crippen molar-refractivity contribution in [2.24, 2.45) is 0 Å². The third-order valence-electron chi connectivity index (χ3n) is 10.2. The number of hydrogen-bond donors (Lipinski definition) is 1. The monoisotopic (exact) mass is 741 g/mol. The summed E-state index contributed by atoms with van der Waals surface area (Å²) in [5.74, 6) is -2.89. The van der Waals surface area contributed by atoms with Crippen LogP contribution in [-0.2, 0) is 5.54 Å². The molecule has 0 saturated heterocycles. The predicted molar refractivity (Wildman–Crippen MR) is 213 cm³/mol. The fourth-order valence-electron chi connectivity index (χ4n) is 7.36. The number of aryl methyl sites for hydroxylation is 1. The van der Waals surface area contributed by atoms with Crippen molar-refractivity contribution in [1.29, 1.82) is 0 Å². The molecule has 0 fully saturated rings. The van der Waals surface area contributed by atoms with Crippen LogP contribution in [0.15, 0.2) is 164 Å².